The maximum atomic E-state index is 13.1. The van der Waals surface area contributed by atoms with Gasteiger partial charge in [0.15, 0.2) is 0 Å². The minimum Gasteiger partial charge on any atom is -0.321 e. The molecule has 0 aliphatic rings. The number of thioether (sulfide) groups is 1. The van der Waals surface area contributed by atoms with Crippen molar-refractivity contribution in [2.24, 2.45) is 7.05 Å². The molecular formula is C19H14F5N3OS. The predicted octanol–water partition coefficient (Wildman–Crippen LogP) is 5.89. The highest BCUT2D eigenvalue weighted by atomic mass is 32.2. The van der Waals surface area contributed by atoms with Crippen molar-refractivity contribution in [3.8, 4) is 11.1 Å². The first-order chi connectivity index (χ1) is 13.6. The van der Waals surface area contributed by atoms with Crippen LogP contribution < -0.4 is 5.32 Å². The summed E-state index contributed by atoms with van der Waals surface area (Å²) in [7, 11) is 1.42. The number of para-hydroxylation sites is 1. The fourth-order valence-electron chi connectivity index (χ4n) is 2.74. The second-order valence-corrected chi connectivity index (χ2v) is 7.12. The molecule has 0 aliphatic heterocycles. The lowest BCUT2D eigenvalue weighted by atomic mass is 10.0. The highest BCUT2D eigenvalue weighted by molar-refractivity contribution is 8.00. The Morgan fingerprint density at radius 1 is 1.14 bits per heavy atom. The number of aryl methyl sites for hydroxylation is 1. The van der Waals surface area contributed by atoms with Crippen molar-refractivity contribution < 1.29 is 26.7 Å². The van der Waals surface area contributed by atoms with Gasteiger partial charge in [0, 0.05) is 29.4 Å². The van der Waals surface area contributed by atoms with Gasteiger partial charge in [-0.1, -0.05) is 30.3 Å². The molecule has 1 heterocycles. The molecular weight excluding hydrogens is 413 g/mol. The second-order valence-electron chi connectivity index (χ2n) is 5.98. The Labute approximate surface area is 166 Å². The molecule has 29 heavy (non-hydrogen) atoms. The average molecular weight is 427 g/mol. The van der Waals surface area contributed by atoms with Crippen LogP contribution in [-0.4, -0.2) is 21.2 Å². The first kappa shape index (κ1) is 20.8. The van der Waals surface area contributed by atoms with Crippen LogP contribution in [0, 0.1) is 0 Å². The molecule has 10 heteroatoms. The lowest BCUT2D eigenvalue weighted by Crippen LogP contribution is -2.14. The van der Waals surface area contributed by atoms with Gasteiger partial charge in [0.05, 0.1) is 5.56 Å². The number of nitrogens with zero attached hydrogens (tertiary/aromatic N) is 2. The molecule has 0 unspecified atom stereocenters. The Morgan fingerprint density at radius 3 is 2.55 bits per heavy atom. The molecule has 2 aromatic carbocycles. The fourth-order valence-corrected chi connectivity index (χ4v) is 3.34. The molecule has 1 amide bonds. The molecule has 4 nitrogen and oxygen atoms in total. The first-order valence-electron chi connectivity index (χ1n) is 8.22. The van der Waals surface area contributed by atoms with Crippen molar-refractivity contribution in [1.29, 1.82) is 0 Å². The predicted molar refractivity (Wildman–Crippen MR) is 99.9 cm³/mol. The molecule has 0 radical (unpaired) electrons. The number of carbonyl (C=O) groups is 1. The third kappa shape index (κ3) is 5.14. The van der Waals surface area contributed by atoms with E-state index in [0.29, 0.717) is 11.1 Å². The van der Waals surface area contributed by atoms with Crippen molar-refractivity contribution in [2.45, 2.75) is 16.8 Å². The number of hydrogen-bond donors (Lipinski definition) is 1. The summed E-state index contributed by atoms with van der Waals surface area (Å²) in [6.07, 6.45) is -1.75. The molecule has 1 aromatic heterocycles. The molecule has 0 fully saturated rings. The standard InChI is InChI=1S/C19H14F5N3OS/c1-27-10-14(16(26-27)17(20)21)18(28)25-15-8-3-2-7-13(15)11-5-4-6-12(9-11)29-19(22,23)24/h2-10,17H,1H3,(H,25,28). The van der Waals surface area contributed by atoms with E-state index in [1.54, 1.807) is 24.3 Å². The third-order valence-corrected chi connectivity index (χ3v) is 4.58. The molecule has 0 spiro atoms. The van der Waals surface area contributed by atoms with Crippen molar-refractivity contribution in [3.05, 3.63) is 66.0 Å². The van der Waals surface area contributed by atoms with Crippen LogP contribution in [0.15, 0.2) is 59.6 Å². The molecule has 0 aliphatic carbocycles. The second kappa shape index (κ2) is 8.24. The number of hydrogen-bond acceptors (Lipinski definition) is 3. The van der Waals surface area contributed by atoms with Crippen LogP contribution in [0.25, 0.3) is 11.1 Å². The highest BCUT2D eigenvalue weighted by Crippen LogP contribution is 2.39. The Hall–Kier alpha value is -2.88. The first-order valence-corrected chi connectivity index (χ1v) is 9.04. The monoisotopic (exact) mass is 427 g/mol. The number of nitrogens with one attached hydrogen (secondary N) is 1. The van der Waals surface area contributed by atoms with Gasteiger partial charge in [0.1, 0.15) is 5.69 Å². The van der Waals surface area contributed by atoms with Crippen LogP contribution >= 0.6 is 11.8 Å². The molecule has 0 saturated carbocycles. The largest absolute Gasteiger partial charge is 0.446 e. The Morgan fingerprint density at radius 2 is 1.86 bits per heavy atom. The van der Waals surface area contributed by atoms with Gasteiger partial charge in [0.25, 0.3) is 12.3 Å². The van der Waals surface area contributed by atoms with Crippen LogP contribution in [0.4, 0.5) is 27.6 Å². The number of amides is 1. The zero-order valence-electron chi connectivity index (χ0n) is 14.9. The SMILES string of the molecule is Cn1cc(C(=O)Nc2ccccc2-c2cccc(SC(F)(F)F)c2)c(C(F)F)n1. The van der Waals surface area contributed by atoms with E-state index in [1.807, 2.05) is 0 Å². The van der Waals surface area contributed by atoms with Gasteiger partial charge in [-0.15, -0.1) is 0 Å². The lowest BCUT2D eigenvalue weighted by Gasteiger charge is -2.13. The van der Waals surface area contributed by atoms with Crippen molar-refractivity contribution >= 4 is 23.4 Å². The molecule has 1 N–H and O–H groups in total. The summed E-state index contributed by atoms with van der Waals surface area (Å²) in [5.41, 5.74) is -4.19. The van der Waals surface area contributed by atoms with Crippen molar-refractivity contribution in [2.75, 3.05) is 5.32 Å². The zero-order valence-corrected chi connectivity index (χ0v) is 15.7. The maximum Gasteiger partial charge on any atom is 0.446 e. The Kier molecular flexibility index (Phi) is 5.92. The van der Waals surface area contributed by atoms with Gasteiger partial charge >= 0.3 is 5.51 Å². The molecule has 0 saturated heterocycles. The van der Waals surface area contributed by atoms with Crippen LogP contribution in [0.3, 0.4) is 0 Å². The minimum absolute atomic E-state index is 0.0108. The summed E-state index contributed by atoms with van der Waals surface area (Å²) in [4.78, 5) is 12.5. The molecule has 3 rings (SSSR count). The third-order valence-electron chi connectivity index (χ3n) is 3.86. The smallest absolute Gasteiger partial charge is 0.321 e. The molecule has 0 atom stereocenters. The Bertz CT molecular complexity index is 1030. The van der Waals surface area contributed by atoms with Crippen LogP contribution in [0.2, 0.25) is 0 Å². The van der Waals surface area contributed by atoms with E-state index >= 15 is 0 Å². The fraction of sp³-hybridized carbons (Fsp3) is 0.158. The summed E-state index contributed by atoms with van der Waals surface area (Å²) < 4.78 is 65.3. The number of benzene rings is 2. The van der Waals surface area contributed by atoms with Gasteiger partial charge in [-0.05, 0) is 35.5 Å². The zero-order chi connectivity index (χ0) is 21.2. The van der Waals surface area contributed by atoms with E-state index in [9.17, 15) is 26.7 Å². The van der Waals surface area contributed by atoms with E-state index < -0.39 is 23.5 Å². The van der Waals surface area contributed by atoms with Gasteiger partial charge < -0.3 is 5.32 Å². The summed E-state index contributed by atoms with van der Waals surface area (Å²) in [6.45, 7) is 0. The van der Waals surface area contributed by atoms with E-state index in [2.05, 4.69) is 10.4 Å². The quantitative estimate of drug-likeness (QED) is 0.408. The van der Waals surface area contributed by atoms with E-state index in [4.69, 9.17) is 0 Å². The molecule has 0 bridgehead atoms. The van der Waals surface area contributed by atoms with Gasteiger partial charge in [-0.2, -0.15) is 18.3 Å². The van der Waals surface area contributed by atoms with Crippen LogP contribution in [0.1, 0.15) is 22.5 Å². The van der Waals surface area contributed by atoms with Gasteiger partial charge in [-0.3, -0.25) is 9.48 Å². The van der Waals surface area contributed by atoms with Gasteiger partial charge in [-0.25, -0.2) is 8.78 Å². The van der Waals surface area contributed by atoms with Crippen LogP contribution in [0.5, 0.6) is 0 Å². The summed E-state index contributed by atoms with van der Waals surface area (Å²) in [6, 6.07) is 12.2. The number of rotatable bonds is 5. The Balaban J connectivity index is 1.93. The van der Waals surface area contributed by atoms with Crippen LogP contribution in [-0.2, 0) is 7.05 Å². The van der Waals surface area contributed by atoms with E-state index in [1.165, 1.54) is 37.5 Å². The summed E-state index contributed by atoms with van der Waals surface area (Å²) in [5, 5.41) is 6.14. The normalized spacial score (nSPS) is 11.7. The van der Waals surface area contributed by atoms with E-state index in [0.717, 1.165) is 4.68 Å². The summed E-state index contributed by atoms with van der Waals surface area (Å²) >= 11 is -0.248. The van der Waals surface area contributed by atoms with Crippen molar-refractivity contribution in [1.82, 2.24) is 9.78 Å². The average Bonchev–Trinajstić information content (AvgIpc) is 3.03. The van der Waals surface area contributed by atoms with E-state index in [-0.39, 0.29) is 27.9 Å². The topological polar surface area (TPSA) is 46.9 Å². The number of alkyl halides is 5. The number of carbonyl (C=O) groups excluding carboxylic acids is 1. The molecule has 152 valence electrons. The molecule has 3 aromatic rings. The minimum atomic E-state index is -4.43. The number of halogens is 5. The maximum absolute atomic E-state index is 13.1. The summed E-state index contributed by atoms with van der Waals surface area (Å²) in [5.74, 6) is -0.790. The lowest BCUT2D eigenvalue weighted by molar-refractivity contribution is -0.0328. The number of anilines is 1. The number of aromatic nitrogens is 2. The van der Waals surface area contributed by atoms with Crippen molar-refractivity contribution in [3.63, 3.8) is 0 Å². The van der Waals surface area contributed by atoms with Gasteiger partial charge in [0.2, 0.25) is 0 Å². The highest BCUT2D eigenvalue weighted by Gasteiger charge is 2.29.